The molecule has 0 N–H and O–H groups in total. The maximum Gasteiger partial charge on any atom is 0.264 e. The Morgan fingerprint density at radius 1 is 1.50 bits per heavy atom. The zero-order chi connectivity index (χ0) is 12.3. The monoisotopic (exact) mass is 223 g/mol. The van der Waals surface area contributed by atoms with E-state index in [4.69, 9.17) is 5.26 Å². The van der Waals surface area contributed by atoms with Gasteiger partial charge in [0.25, 0.3) is 6.43 Å². The fourth-order valence-electron chi connectivity index (χ4n) is 1.58. The van der Waals surface area contributed by atoms with E-state index >= 15 is 0 Å². The summed E-state index contributed by atoms with van der Waals surface area (Å²) in [6, 6.07) is 4.58. The van der Waals surface area contributed by atoms with Crippen molar-refractivity contribution < 1.29 is 13.6 Å². The van der Waals surface area contributed by atoms with Crippen LogP contribution < -0.4 is 0 Å². The Hall–Kier alpha value is -1.76. The first-order chi connectivity index (χ1) is 7.51. The second-order valence-corrected chi connectivity index (χ2v) is 3.43. The average Bonchev–Trinajstić information content (AvgIpc) is 2.26. The minimum atomic E-state index is -2.74. The highest BCUT2D eigenvalue weighted by molar-refractivity contribution is 5.98. The molecule has 16 heavy (non-hydrogen) atoms. The summed E-state index contributed by atoms with van der Waals surface area (Å²) in [5, 5.41) is 8.85. The predicted molar refractivity (Wildman–Crippen MR) is 55.5 cm³/mol. The van der Waals surface area contributed by atoms with Gasteiger partial charge in [0.15, 0.2) is 5.78 Å². The number of hydrogen-bond donors (Lipinski definition) is 0. The quantitative estimate of drug-likeness (QED) is 0.738. The number of ketones is 1. The molecule has 1 aromatic carbocycles. The summed E-state index contributed by atoms with van der Waals surface area (Å²) in [6.45, 7) is 2.99. The van der Waals surface area contributed by atoms with Gasteiger partial charge in [0.2, 0.25) is 0 Å². The van der Waals surface area contributed by atoms with Crippen molar-refractivity contribution in [2.24, 2.45) is 0 Å². The molecule has 1 aromatic rings. The molecule has 0 heterocycles. The van der Waals surface area contributed by atoms with E-state index in [1.165, 1.54) is 19.1 Å². The highest BCUT2D eigenvalue weighted by Crippen LogP contribution is 2.27. The van der Waals surface area contributed by atoms with Crippen LogP contribution in [0.5, 0.6) is 0 Å². The number of carbonyl (C=O) groups is 1. The van der Waals surface area contributed by atoms with Crippen LogP contribution in [-0.2, 0) is 6.42 Å². The first-order valence-corrected chi connectivity index (χ1v) is 4.87. The van der Waals surface area contributed by atoms with E-state index in [0.717, 1.165) is 0 Å². The number of nitriles is 1. The number of benzene rings is 1. The van der Waals surface area contributed by atoms with E-state index in [2.05, 4.69) is 0 Å². The minimum Gasteiger partial charge on any atom is -0.294 e. The maximum atomic E-state index is 12.8. The van der Waals surface area contributed by atoms with Crippen LogP contribution in [0, 0.1) is 11.3 Å². The Labute approximate surface area is 92.5 Å². The molecule has 0 aliphatic carbocycles. The normalized spacial score (nSPS) is 10.2. The summed E-state index contributed by atoms with van der Waals surface area (Å²) in [5.41, 5.74) is 0.164. The van der Waals surface area contributed by atoms with Crippen molar-refractivity contribution in [3.05, 3.63) is 34.4 Å². The summed E-state index contributed by atoms with van der Waals surface area (Å²) in [5.74, 6) is -0.505. The summed E-state index contributed by atoms with van der Waals surface area (Å²) >= 11 is 0. The Morgan fingerprint density at radius 3 is 2.50 bits per heavy atom. The lowest BCUT2D eigenvalue weighted by Gasteiger charge is -2.10. The lowest BCUT2D eigenvalue weighted by Crippen LogP contribution is -2.05. The van der Waals surface area contributed by atoms with E-state index in [1.54, 1.807) is 13.0 Å². The van der Waals surface area contributed by atoms with Crippen molar-refractivity contribution in [3.8, 4) is 6.07 Å². The summed E-state index contributed by atoms with van der Waals surface area (Å²) < 4.78 is 25.5. The molecular formula is C12H11F2NO. The van der Waals surface area contributed by atoms with E-state index in [0.29, 0.717) is 12.0 Å². The summed E-state index contributed by atoms with van der Waals surface area (Å²) in [7, 11) is 0. The number of rotatable bonds is 3. The fourth-order valence-corrected chi connectivity index (χ4v) is 1.58. The lowest BCUT2D eigenvalue weighted by molar-refractivity contribution is 0.0998. The highest BCUT2D eigenvalue weighted by Gasteiger charge is 2.20. The molecule has 84 valence electrons. The molecule has 0 aromatic heterocycles. The topological polar surface area (TPSA) is 40.9 Å². The number of hydrogen-bond acceptors (Lipinski definition) is 2. The van der Waals surface area contributed by atoms with Gasteiger partial charge in [0.1, 0.15) is 0 Å². The first kappa shape index (κ1) is 12.3. The molecule has 0 amide bonds. The third-order valence-corrected chi connectivity index (χ3v) is 2.34. The molecule has 0 spiro atoms. The zero-order valence-electron chi connectivity index (χ0n) is 9.05. The van der Waals surface area contributed by atoms with Crippen molar-refractivity contribution in [1.82, 2.24) is 0 Å². The second kappa shape index (κ2) is 4.84. The Balaban J connectivity index is 3.55. The van der Waals surface area contributed by atoms with Gasteiger partial charge < -0.3 is 0 Å². The molecule has 1 rings (SSSR count). The van der Waals surface area contributed by atoms with Crippen LogP contribution in [0.2, 0.25) is 0 Å². The van der Waals surface area contributed by atoms with Crippen LogP contribution in [0.1, 0.15) is 47.3 Å². The molecule has 4 heteroatoms. The fraction of sp³-hybridized carbons (Fsp3) is 0.333. The standard InChI is InChI=1S/C12H11F2NO/c1-3-8-4-9(6-15)11(7(2)16)10(5-8)12(13)14/h4-5,12H,3H2,1-2H3. The largest absolute Gasteiger partial charge is 0.294 e. The minimum absolute atomic E-state index is 0.0298. The van der Waals surface area contributed by atoms with Crippen LogP contribution in [0.4, 0.5) is 8.78 Å². The summed E-state index contributed by atoms with van der Waals surface area (Å²) in [4.78, 5) is 11.3. The van der Waals surface area contributed by atoms with Gasteiger partial charge in [-0.1, -0.05) is 6.92 Å². The van der Waals surface area contributed by atoms with Crippen molar-refractivity contribution in [3.63, 3.8) is 0 Å². The van der Waals surface area contributed by atoms with Gasteiger partial charge in [-0.15, -0.1) is 0 Å². The highest BCUT2D eigenvalue weighted by atomic mass is 19.3. The van der Waals surface area contributed by atoms with Gasteiger partial charge in [0.05, 0.1) is 11.6 Å². The van der Waals surface area contributed by atoms with Gasteiger partial charge in [-0.25, -0.2) is 8.78 Å². The third kappa shape index (κ3) is 2.25. The van der Waals surface area contributed by atoms with E-state index in [-0.39, 0.29) is 16.7 Å². The molecule has 0 aliphatic rings. The van der Waals surface area contributed by atoms with Gasteiger partial charge in [0, 0.05) is 11.1 Å². The number of Topliss-reactive ketones (excluding diaryl/α,β-unsaturated/α-hetero) is 1. The first-order valence-electron chi connectivity index (χ1n) is 4.87. The molecule has 0 saturated heterocycles. The van der Waals surface area contributed by atoms with Crippen LogP contribution in [0.15, 0.2) is 12.1 Å². The van der Waals surface area contributed by atoms with E-state index in [9.17, 15) is 13.6 Å². The zero-order valence-corrected chi connectivity index (χ0v) is 9.05. The van der Waals surface area contributed by atoms with Gasteiger partial charge >= 0.3 is 0 Å². The van der Waals surface area contributed by atoms with Crippen LogP contribution in [0.3, 0.4) is 0 Å². The van der Waals surface area contributed by atoms with Crippen LogP contribution >= 0.6 is 0 Å². The van der Waals surface area contributed by atoms with Crippen LogP contribution in [0.25, 0.3) is 0 Å². The number of nitrogens with zero attached hydrogens (tertiary/aromatic N) is 1. The average molecular weight is 223 g/mol. The van der Waals surface area contributed by atoms with Crippen molar-refractivity contribution in [1.29, 1.82) is 5.26 Å². The van der Waals surface area contributed by atoms with Gasteiger partial charge in [-0.3, -0.25) is 4.79 Å². The molecule has 0 fully saturated rings. The Kier molecular flexibility index (Phi) is 3.73. The number of aryl methyl sites for hydroxylation is 1. The molecule has 0 aliphatic heterocycles. The Morgan fingerprint density at radius 2 is 2.12 bits per heavy atom. The molecule has 0 radical (unpaired) electrons. The molecule has 0 saturated carbocycles. The van der Waals surface area contributed by atoms with E-state index in [1.807, 2.05) is 0 Å². The third-order valence-electron chi connectivity index (χ3n) is 2.34. The van der Waals surface area contributed by atoms with Crippen molar-refractivity contribution in [2.45, 2.75) is 26.7 Å². The second-order valence-electron chi connectivity index (χ2n) is 3.43. The van der Waals surface area contributed by atoms with Crippen molar-refractivity contribution in [2.75, 3.05) is 0 Å². The molecule has 0 bridgehead atoms. The molecular weight excluding hydrogens is 212 g/mol. The smallest absolute Gasteiger partial charge is 0.264 e. The molecule has 0 unspecified atom stereocenters. The molecule has 2 nitrogen and oxygen atoms in total. The van der Waals surface area contributed by atoms with Gasteiger partial charge in [-0.05, 0) is 31.0 Å². The molecule has 0 atom stereocenters. The van der Waals surface area contributed by atoms with Crippen LogP contribution in [-0.4, -0.2) is 5.78 Å². The number of alkyl halides is 2. The van der Waals surface area contributed by atoms with Crippen molar-refractivity contribution >= 4 is 5.78 Å². The predicted octanol–water partition coefficient (Wildman–Crippen LogP) is 3.26. The maximum absolute atomic E-state index is 12.8. The SMILES string of the molecule is CCc1cc(C#N)c(C(C)=O)c(C(F)F)c1. The van der Waals surface area contributed by atoms with E-state index < -0.39 is 12.2 Å². The number of halogens is 2. The Bertz CT molecular complexity index is 461. The number of carbonyl (C=O) groups excluding carboxylic acids is 1. The lowest BCUT2D eigenvalue weighted by atomic mass is 9.95. The summed E-state index contributed by atoms with van der Waals surface area (Å²) in [6.07, 6.45) is -2.19. The van der Waals surface area contributed by atoms with Gasteiger partial charge in [-0.2, -0.15) is 5.26 Å².